The highest BCUT2D eigenvalue weighted by Crippen LogP contribution is 2.27. The van der Waals surface area contributed by atoms with Crippen molar-refractivity contribution >= 4 is 21.6 Å². The Morgan fingerprint density at radius 1 is 1.23 bits per heavy atom. The van der Waals surface area contributed by atoms with Gasteiger partial charge in [0.1, 0.15) is 11.1 Å². The molecule has 2 heterocycles. The summed E-state index contributed by atoms with van der Waals surface area (Å²) >= 11 is 5.97. The molecule has 0 atom stereocenters. The third-order valence-electron chi connectivity index (χ3n) is 3.48. The van der Waals surface area contributed by atoms with E-state index in [1.165, 1.54) is 4.31 Å². The van der Waals surface area contributed by atoms with Gasteiger partial charge in [0.25, 0.3) is 0 Å². The zero-order valence-electron chi connectivity index (χ0n) is 11.9. The lowest BCUT2D eigenvalue weighted by atomic mass is 10.2. The van der Waals surface area contributed by atoms with Gasteiger partial charge in [-0.3, -0.25) is 0 Å². The monoisotopic (exact) mass is 338 g/mol. The molecule has 0 amide bonds. The number of nitrogens with zero attached hydrogens (tertiary/aromatic N) is 2. The van der Waals surface area contributed by atoms with Crippen LogP contribution in [0, 0.1) is 6.92 Å². The fourth-order valence-electron chi connectivity index (χ4n) is 2.15. The number of hydrogen-bond donors (Lipinski definition) is 0. The van der Waals surface area contributed by atoms with Gasteiger partial charge >= 0.3 is 0 Å². The maximum atomic E-state index is 12.4. The summed E-state index contributed by atoms with van der Waals surface area (Å²) in [5.41, 5.74) is 1.02. The van der Waals surface area contributed by atoms with Crippen molar-refractivity contribution in [2.24, 2.45) is 0 Å². The highest BCUT2D eigenvalue weighted by molar-refractivity contribution is 7.89. The molecule has 116 valence electrons. The molecule has 22 heavy (non-hydrogen) atoms. The summed E-state index contributed by atoms with van der Waals surface area (Å²) in [5.74, 6) is 0.335. The van der Waals surface area contributed by atoms with E-state index >= 15 is 0 Å². The molecule has 1 saturated heterocycles. The third-order valence-corrected chi connectivity index (χ3v) is 5.61. The van der Waals surface area contributed by atoms with Gasteiger partial charge in [-0.1, -0.05) is 29.3 Å². The molecule has 2 aromatic rings. The van der Waals surface area contributed by atoms with Crippen molar-refractivity contribution in [3.8, 4) is 5.88 Å². The molecule has 0 bridgehead atoms. The predicted octanol–water partition coefficient (Wildman–Crippen LogP) is 2.50. The van der Waals surface area contributed by atoms with Crippen LogP contribution in [0.4, 0.5) is 0 Å². The number of aryl methyl sites for hydroxylation is 1. The Kier molecular flexibility index (Phi) is 4.08. The van der Waals surface area contributed by atoms with E-state index in [4.69, 9.17) is 16.3 Å². The molecule has 1 aromatic heterocycles. The Bertz CT molecular complexity index is 772. The van der Waals surface area contributed by atoms with Crippen LogP contribution in [-0.4, -0.2) is 36.9 Å². The lowest BCUT2D eigenvalue weighted by molar-refractivity contribution is 0.0722. The van der Waals surface area contributed by atoms with Crippen LogP contribution < -0.4 is 4.74 Å². The van der Waals surface area contributed by atoms with Crippen molar-refractivity contribution < 1.29 is 13.2 Å². The van der Waals surface area contributed by atoms with Crippen LogP contribution in [0.2, 0.25) is 5.02 Å². The molecule has 3 rings (SSSR count). The average molecular weight is 339 g/mol. The normalized spacial score (nSPS) is 16.3. The number of halogens is 1. The van der Waals surface area contributed by atoms with Crippen molar-refractivity contribution in [3.63, 3.8) is 0 Å². The number of pyridine rings is 1. The second-order valence-corrected chi connectivity index (χ2v) is 7.51. The number of aromatic nitrogens is 1. The van der Waals surface area contributed by atoms with Crippen molar-refractivity contribution in [1.29, 1.82) is 0 Å². The lowest BCUT2D eigenvalue weighted by Crippen LogP contribution is -2.56. The molecule has 0 N–H and O–H groups in total. The summed E-state index contributed by atoms with van der Waals surface area (Å²) in [6.07, 6.45) is 1.35. The molecule has 5 nitrogen and oxygen atoms in total. The molecular weight excluding hydrogens is 324 g/mol. The molecule has 1 aromatic carbocycles. The van der Waals surface area contributed by atoms with Crippen LogP contribution in [-0.2, 0) is 10.0 Å². The topological polar surface area (TPSA) is 59.5 Å². The zero-order chi connectivity index (χ0) is 15.7. The second kappa shape index (κ2) is 5.87. The first-order valence-corrected chi connectivity index (χ1v) is 8.62. The highest BCUT2D eigenvalue weighted by Gasteiger charge is 2.38. The van der Waals surface area contributed by atoms with Crippen LogP contribution >= 0.6 is 11.6 Å². The molecular formula is C15H15ClN2O3S. The lowest BCUT2D eigenvalue weighted by Gasteiger charge is -2.37. The minimum absolute atomic E-state index is 0.229. The van der Waals surface area contributed by atoms with Gasteiger partial charge in [-0.15, -0.1) is 0 Å². The van der Waals surface area contributed by atoms with Gasteiger partial charge in [0.05, 0.1) is 18.0 Å². The third kappa shape index (κ3) is 2.95. The predicted molar refractivity (Wildman–Crippen MR) is 83.6 cm³/mol. The summed E-state index contributed by atoms with van der Waals surface area (Å²) in [4.78, 5) is 4.33. The molecule has 7 heteroatoms. The van der Waals surface area contributed by atoms with Gasteiger partial charge in [-0.25, -0.2) is 13.4 Å². The number of benzene rings is 1. The Labute approximate surface area is 134 Å². The van der Waals surface area contributed by atoms with Crippen molar-refractivity contribution in [1.82, 2.24) is 9.29 Å². The fraction of sp³-hybridized carbons (Fsp3) is 0.267. The Balaban J connectivity index is 1.65. The summed E-state index contributed by atoms with van der Waals surface area (Å²) in [6, 6.07) is 10.2. The van der Waals surface area contributed by atoms with E-state index in [1.807, 2.05) is 6.92 Å². The van der Waals surface area contributed by atoms with E-state index in [-0.39, 0.29) is 6.10 Å². The van der Waals surface area contributed by atoms with Gasteiger partial charge in [-0.2, -0.15) is 4.31 Å². The van der Waals surface area contributed by atoms with Crippen molar-refractivity contribution in [2.45, 2.75) is 17.9 Å². The van der Waals surface area contributed by atoms with Gasteiger partial charge in [-0.05, 0) is 31.2 Å². The second-order valence-electron chi connectivity index (χ2n) is 5.17. The Morgan fingerprint density at radius 2 is 1.91 bits per heavy atom. The van der Waals surface area contributed by atoms with Crippen LogP contribution in [0.5, 0.6) is 5.88 Å². The van der Waals surface area contributed by atoms with Gasteiger partial charge < -0.3 is 4.74 Å². The Morgan fingerprint density at radius 3 is 2.55 bits per heavy atom. The fourth-order valence-corrected chi connectivity index (χ4v) is 3.82. The van der Waals surface area contributed by atoms with Crippen molar-refractivity contribution in [2.75, 3.05) is 13.1 Å². The summed E-state index contributed by atoms with van der Waals surface area (Å²) < 4.78 is 31.8. The van der Waals surface area contributed by atoms with E-state index in [9.17, 15) is 8.42 Å². The number of hydrogen-bond acceptors (Lipinski definition) is 4. The van der Waals surface area contributed by atoms with E-state index < -0.39 is 10.0 Å². The van der Waals surface area contributed by atoms with Crippen LogP contribution in [0.1, 0.15) is 5.56 Å². The number of ether oxygens (including phenoxy) is 1. The maximum absolute atomic E-state index is 12.4. The summed E-state index contributed by atoms with van der Waals surface area (Å²) in [5, 5.41) is 0.419. The Hall–Kier alpha value is -1.63. The standard InChI is InChI=1S/C15H15ClN2O3S/c1-11-4-6-13(7-5-11)22(19,20)18-9-12(10-18)21-15-14(16)3-2-8-17-15/h2-8,12H,9-10H2,1H3. The smallest absolute Gasteiger partial charge is 0.243 e. The molecule has 1 aliphatic heterocycles. The van der Waals surface area contributed by atoms with E-state index in [0.29, 0.717) is 28.9 Å². The molecule has 0 spiro atoms. The minimum Gasteiger partial charge on any atom is -0.470 e. The van der Waals surface area contributed by atoms with E-state index in [1.54, 1.807) is 42.6 Å². The van der Waals surface area contributed by atoms with E-state index in [0.717, 1.165) is 5.56 Å². The van der Waals surface area contributed by atoms with Crippen molar-refractivity contribution in [3.05, 3.63) is 53.2 Å². The van der Waals surface area contributed by atoms with Crippen LogP contribution in [0.3, 0.4) is 0 Å². The molecule has 0 aliphatic carbocycles. The summed E-state index contributed by atoms with van der Waals surface area (Å²) in [6.45, 7) is 2.51. The largest absolute Gasteiger partial charge is 0.470 e. The maximum Gasteiger partial charge on any atom is 0.243 e. The van der Waals surface area contributed by atoms with Gasteiger partial charge in [0.15, 0.2) is 0 Å². The molecule has 1 aliphatic rings. The molecule has 0 radical (unpaired) electrons. The highest BCUT2D eigenvalue weighted by atomic mass is 35.5. The first-order valence-electron chi connectivity index (χ1n) is 6.81. The SMILES string of the molecule is Cc1ccc(S(=O)(=O)N2CC(Oc3ncccc3Cl)C2)cc1. The van der Waals surface area contributed by atoms with Gasteiger partial charge in [0, 0.05) is 6.20 Å². The van der Waals surface area contributed by atoms with E-state index in [2.05, 4.69) is 4.98 Å². The van der Waals surface area contributed by atoms with Crippen LogP contribution in [0.25, 0.3) is 0 Å². The number of sulfonamides is 1. The molecule has 0 saturated carbocycles. The average Bonchev–Trinajstić information content (AvgIpc) is 2.44. The first-order chi connectivity index (χ1) is 10.5. The first kappa shape index (κ1) is 15.3. The molecule has 0 unspecified atom stereocenters. The minimum atomic E-state index is -3.45. The quantitative estimate of drug-likeness (QED) is 0.859. The zero-order valence-corrected chi connectivity index (χ0v) is 13.5. The van der Waals surface area contributed by atoms with Gasteiger partial charge in [0.2, 0.25) is 15.9 Å². The number of rotatable bonds is 4. The summed E-state index contributed by atoms with van der Waals surface area (Å²) in [7, 11) is -3.45. The molecule has 1 fully saturated rings. The van der Waals surface area contributed by atoms with Crippen LogP contribution in [0.15, 0.2) is 47.5 Å².